The molecule has 0 aliphatic carbocycles. The van der Waals surface area contributed by atoms with E-state index in [1.54, 1.807) is 11.8 Å². The van der Waals surface area contributed by atoms with E-state index in [0.717, 1.165) is 14.9 Å². The summed E-state index contributed by atoms with van der Waals surface area (Å²) in [4.78, 5) is 13.2. The Bertz CT molecular complexity index is 615. The molecule has 0 bridgehead atoms. The fraction of sp³-hybridized carbons (Fsp3) is 0.235. The van der Waals surface area contributed by atoms with Crippen LogP contribution in [0.5, 0.6) is 0 Å². The van der Waals surface area contributed by atoms with Crippen molar-refractivity contribution < 1.29 is 4.79 Å². The molecule has 110 valence electrons. The van der Waals surface area contributed by atoms with Gasteiger partial charge in [0.1, 0.15) is 0 Å². The number of benzene rings is 2. The number of aryl methyl sites for hydroxylation is 1. The molecule has 0 fully saturated rings. The van der Waals surface area contributed by atoms with Crippen molar-refractivity contribution in [3.8, 4) is 0 Å². The zero-order chi connectivity index (χ0) is 15.2. The number of thioether (sulfide) groups is 1. The molecule has 0 aliphatic heterocycles. The average molecular weight is 364 g/mol. The van der Waals surface area contributed by atoms with Crippen LogP contribution in [0.4, 0.5) is 0 Å². The number of hydrogen-bond acceptors (Lipinski definition) is 2. The van der Waals surface area contributed by atoms with Crippen LogP contribution in [-0.4, -0.2) is 11.7 Å². The summed E-state index contributed by atoms with van der Waals surface area (Å²) in [5.41, 5.74) is 2.30. The molecular formula is C17H18BrNOS. The van der Waals surface area contributed by atoms with E-state index in [2.05, 4.69) is 34.2 Å². The summed E-state index contributed by atoms with van der Waals surface area (Å²) in [5, 5.41) is 3.03. The van der Waals surface area contributed by atoms with Crippen molar-refractivity contribution >= 4 is 33.6 Å². The van der Waals surface area contributed by atoms with E-state index in [1.165, 1.54) is 5.56 Å². The highest BCUT2D eigenvalue weighted by atomic mass is 79.9. The number of nitrogens with one attached hydrogen (secondary N) is 1. The zero-order valence-corrected chi connectivity index (χ0v) is 14.5. The summed E-state index contributed by atoms with van der Waals surface area (Å²) in [6.45, 7) is 4.06. The first-order valence-corrected chi connectivity index (χ1v) is 8.57. The standard InChI is InChI=1S/C17H18BrNOS/c1-12-10-15(18)8-9-16(12)21-11-17(20)19-13(2)14-6-4-3-5-7-14/h3-10,13H,11H2,1-2H3,(H,19,20)/t13-/m1/s1. The molecule has 1 atom stereocenters. The van der Waals surface area contributed by atoms with Gasteiger partial charge in [-0.2, -0.15) is 0 Å². The van der Waals surface area contributed by atoms with Gasteiger partial charge < -0.3 is 5.32 Å². The second kappa shape index (κ2) is 7.66. The largest absolute Gasteiger partial charge is 0.349 e. The van der Waals surface area contributed by atoms with Crippen LogP contribution in [0.15, 0.2) is 57.9 Å². The molecule has 2 aromatic rings. The van der Waals surface area contributed by atoms with Crippen LogP contribution in [0.25, 0.3) is 0 Å². The molecule has 0 heterocycles. The van der Waals surface area contributed by atoms with Crippen molar-refractivity contribution in [3.63, 3.8) is 0 Å². The summed E-state index contributed by atoms with van der Waals surface area (Å²) in [6.07, 6.45) is 0. The molecule has 2 aromatic carbocycles. The SMILES string of the molecule is Cc1cc(Br)ccc1SCC(=O)N[C@H](C)c1ccccc1. The lowest BCUT2D eigenvalue weighted by atomic mass is 10.1. The normalized spacial score (nSPS) is 12.0. The first-order chi connectivity index (χ1) is 10.1. The van der Waals surface area contributed by atoms with Crippen LogP contribution in [0.3, 0.4) is 0 Å². The maximum Gasteiger partial charge on any atom is 0.230 e. The maximum absolute atomic E-state index is 12.0. The molecule has 0 aliphatic rings. The first-order valence-electron chi connectivity index (χ1n) is 6.79. The molecule has 0 saturated heterocycles. The molecule has 0 saturated carbocycles. The van der Waals surface area contributed by atoms with Crippen LogP contribution < -0.4 is 5.32 Å². The topological polar surface area (TPSA) is 29.1 Å². The minimum absolute atomic E-state index is 0.0327. The Labute approximate surface area is 138 Å². The summed E-state index contributed by atoms with van der Waals surface area (Å²) >= 11 is 5.01. The second-order valence-corrected chi connectivity index (χ2v) is 6.83. The van der Waals surface area contributed by atoms with Gasteiger partial charge in [0.2, 0.25) is 5.91 Å². The first kappa shape index (κ1) is 16.1. The molecule has 2 nitrogen and oxygen atoms in total. The fourth-order valence-corrected chi connectivity index (χ4v) is 3.32. The van der Waals surface area contributed by atoms with E-state index >= 15 is 0 Å². The molecule has 0 unspecified atom stereocenters. The van der Waals surface area contributed by atoms with E-state index in [4.69, 9.17) is 0 Å². The van der Waals surface area contributed by atoms with Gasteiger partial charge in [-0.3, -0.25) is 4.79 Å². The smallest absolute Gasteiger partial charge is 0.230 e. The second-order valence-electron chi connectivity index (χ2n) is 4.90. The fourth-order valence-electron chi connectivity index (χ4n) is 2.03. The summed E-state index contributed by atoms with van der Waals surface area (Å²) in [6, 6.07) is 16.1. The average Bonchev–Trinajstić information content (AvgIpc) is 2.47. The number of carbonyl (C=O) groups excluding carboxylic acids is 1. The number of hydrogen-bond donors (Lipinski definition) is 1. The molecule has 1 N–H and O–H groups in total. The summed E-state index contributed by atoms with van der Waals surface area (Å²) in [7, 11) is 0. The Balaban J connectivity index is 1.87. The van der Waals surface area contributed by atoms with E-state index < -0.39 is 0 Å². The van der Waals surface area contributed by atoms with Gasteiger partial charge >= 0.3 is 0 Å². The molecule has 21 heavy (non-hydrogen) atoms. The lowest BCUT2D eigenvalue weighted by Crippen LogP contribution is -2.28. The van der Waals surface area contributed by atoms with Gasteiger partial charge in [-0.1, -0.05) is 46.3 Å². The van der Waals surface area contributed by atoms with Crippen molar-refractivity contribution in [1.82, 2.24) is 5.32 Å². The Morgan fingerprint density at radius 1 is 1.24 bits per heavy atom. The lowest BCUT2D eigenvalue weighted by molar-refractivity contribution is -0.119. The van der Waals surface area contributed by atoms with Crippen LogP contribution in [-0.2, 0) is 4.79 Å². The van der Waals surface area contributed by atoms with Gasteiger partial charge in [-0.15, -0.1) is 11.8 Å². The van der Waals surface area contributed by atoms with Crippen LogP contribution in [0.1, 0.15) is 24.1 Å². The predicted molar refractivity (Wildman–Crippen MR) is 92.6 cm³/mol. The van der Waals surface area contributed by atoms with Gasteiger partial charge in [0.05, 0.1) is 11.8 Å². The van der Waals surface area contributed by atoms with Gasteiger partial charge in [0.25, 0.3) is 0 Å². The molecule has 4 heteroatoms. The lowest BCUT2D eigenvalue weighted by Gasteiger charge is -2.14. The summed E-state index contributed by atoms with van der Waals surface area (Å²) in [5.74, 6) is 0.485. The highest BCUT2D eigenvalue weighted by Crippen LogP contribution is 2.25. The zero-order valence-electron chi connectivity index (χ0n) is 12.1. The maximum atomic E-state index is 12.0. The van der Waals surface area contributed by atoms with E-state index in [-0.39, 0.29) is 11.9 Å². The Morgan fingerprint density at radius 3 is 2.62 bits per heavy atom. The third-order valence-electron chi connectivity index (χ3n) is 3.17. The number of amides is 1. The Kier molecular flexibility index (Phi) is 5.88. The Morgan fingerprint density at radius 2 is 1.95 bits per heavy atom. The minimum atomic E-state index is 0.0327. The van der Waals surface area contributed by atoms with Gasteiger partial charge in [0.15, 0.2) is 0 Å². The van der Waals surface area contributed by atoms with Gasteiger partial charge in [-0.05, 0) is 43.2 Å². The van der Waals surface area contributed by atoms with Crippen LogP contribution in [0, 0.1) is 6.92 Å². The molecular weight excluding hydrogens is 346 g/mol. The molecule has 0 spiro atoms. The third-order valence-corrected chi connectivity index (χ3v) is 4.84. The minimum Gasteiger partial charge on any atom is -0.349 e. The highest BCUT2D eigenvalue weighted by Gasteiger charge is 2.10. The van der Waals surface area contributed by atoms with Crippen molar-refractivity contribution in [3.05, 3.63) is 64.1 Å². The molecule has 0 radical (unpaired) electrons. The molecule has 0 aromatic heterocycles. The quantitative estimate of drug-likeness (QED) is 0.778. The summed E-state index contributed by atoms with van der Waals surface area (Å²) < 4.78 is 1.06. The number of halogens is 1. The van der Waals surface area contributed by atoms with Crippen molar-refractivity contribution in [2.45, 2.75) is 24.8 Å². The highest BCUT2D eigenvalue weighted by molar-refractivity contribution is 9.10. The Hall–Kier alpha value is -1.26. The molecule has 2 rings (SSSR count). The molecule has 1 amide bonds. The number of carbonyl (C=O) groups is 1. The van der Waals surface area contributed by atoms with E-state index in [1.807, 2.05) is 49.4 Å². The third kappa shape index (κ3) is 4.90. The number of rotatable bonds is 5. The van der Waals surface area contributed by atoms with Gasteiger partial charge in [-0.25, -0.2) is 0 Å². The van der Waals surface area contributed by atoms with Crippen molar-refractivity contribution in [2.75, 3.05) is 5.75 Å². The van der Waals surface area contributed by atoms with Crippen LogP contribution in [0.2, 0.25) is 0 Å². The predicted octanol–water partition coefficient (Wildman–Crippen LogP) is 4.73. The van der Waals surface area contributed by atoms with Crippen LogP contribution >= 0.6 is 27.7 Å². The van der Waals surface area contributed by atoms with Crippen molar-refractivity contribution in [2.24, 2.45) is 0 Å². The van der Waals surface area contributed by atoms with Gasteiger partial charge in [0, 0.05) is 9.37 Å². The van der Waals surface area contributed by atoms with E-state index in [9.17, 15) is 4.79 Å². The van der Waals surface area contributed by atoms with E-state index in [0.29, 0.717) is 5.75 Å². The van der Waals surface area contributed by atoms with Crippen molar-refractivity contribution in [1.29, 1.82) is 0 Å². The monoisotopic (exact) mass is 363 g/mol.